The third-order valence-corrected chi connectivity index (χ3v) is 2.14. The molecule has 0 N–H and O–H groups in total. The van der Waals surface area contributed by atoms with Crippen LogP contribution in [0.1, 0.15) is 0 Å². The smallest absolute Gasteiger partial charge is 0.267 e. The number of hydrogen-bond acceptors (Lipinski definition) is 4. The summed E-state index contributed by atoms with van der Waals surface area (Å²) in [5.74, 6) is 0.576. The van der Waals surface area contributed by atoms with Crippen LogP contribution in [0.3, 0.4) is 0 Å². The number of aryl methyl sites for hydroxylation is 1. The highest BCUT2D eigenvalue weighted by Crippen LogP contribution is 2.02. The summed E-state index contributed by atoms with van der Waals surface area (Å²) in [6.45, 7) is 0.486. The van der Waals surface area contributed by atoms with Crippen molar-refractivity contribution in [3.63, 3.8) is 0 Å². The van der Waals surface area contributed by atoms with Crippen LogP contribution >= 0.6 is 12.6 Å². The van der Waals surface area contributed by atoms with Crippen LogP contribution < -0.4 is 5.56 Å². The normalized spacial score (nSPS) is 10.6. The molecule has 0 fully saturated rings. The number of thiol groups is 1. The van der Waals surface area contributed by atoms with Gasteiger partial charge in [0.05, 0.1) is 11.9 Å². The monoisotopic (exact) mass is 207 g/mol. The molecule has 0 bridgehead atoms. The molecule has 0 unspecified atom stereocenters. The average molecular weight is 207 g/mol. The van der Waals surface area contributed by atoms with Gasteiger partial charge in [-0.3, -0.25) is 4.79 Å². The fourth-order valence-corrected chi connectivity index (χ4v) is 1.45. The molecule has 0 saturated heterocycles. The fraction of sp³-hybridized carbons (Fsp3) is 0.222. The number of rotatable bonds is 2. The van der Waals surface area contributed by atoms with Gasteiger partial charge in [0.15, 0.2) is 0 Å². The molecule has 1 aromatic heterocycles. The van der Waals surface area contributed by atoms with Gasteiger partial charge in [-0.05, 0) is 12.1 Å². The summed E-state index contributed by atoms with van der Waals surface area (Å²) in [5, 5.41) is 8.34. The van der Waals surface area contributed by atoms with Crippen LogP contribution in [-0.2, 0) is 6.54 Å². The second kappa shape index (κ2) is 3.79. The van der Waals surface area contributed by atoms with E-state index >= 15 is 0 Å². The van der Waals surface area contributed by atoms with Crippen molar-refractivity contribution in [1.82, 2.24) is 15.0 Å². The summed E-state index contributed by atoms with van der Waals surface area (Å²) in [6.07, 6.45) is 0. The Morgan fingerprint density at radius 3 is 2.93 bits per heavy atom. The van der Waals surface area contributed by atoms with Gasteiger partial charge in [0.2, 0.25) is 0 Å². The van der Waals surface area contributed by atoms with Gasteiger partial charge in [-0.15, -0.1) is 5.10 Å². The van der Waals surface area contributed by atoms with Gasteiger partial charge >= 0.3 is 0 Å². The Kier molecular flexibility index (Phi) is 2.49. The van der Waals surface area contributed by atoms with Gasteiger partial charge in [-0.2, -0.15) is 12.6 Å². The van der Waals surface area contributed by atoms with E-state index in [1.165, 1.54) is 4.68 Å². The van der Waals surface area contributed by atoms with Crippen LogP contribution in [0.4, 0.5) is 0 Å². The van der Waals surface area contributed by atoms with Gasteiger partial charge in [0.25, 0.3) is 5.56 Å². The summed E-state index contributed by atoms with van der Waals surface area (Å²) >= 11 is 4.05. The third-order valence-electron chi connectivity index (χ3n) is 1.94. The molecule has 0 saturated carbocycles. The molecule has 4 nitrogen and oxygen atoms in total. The van der Waals surface area contributed by atoms with Gasteiger partial charge in [0, 0.05) is 5.75 Å². The maximum absolute atomic E-state index is 11.7. The Bertz CT molecular complexity index is 509. The minimum atomic E-state index is -0.107. The number of fused-ring (bicyclic) bond motifs is 1. The first-order valence-corrected chi connectivity index (χ1v) is 4.89. The van der Waals surface area contributed by atoms with Crippen molar-refractivity contribution in [2.75, 3.05) is 5.75 Å². The quantitative estimate of drug-likeness (QED) is 0.738. The minimum absolute atomic E-state index is 0.107. The van der Waals surface area contributed by atoms with E-state index in [-0.39, 0.29) is 5.56 Å². The number of aromatic nitrogens is 3. The van der Waals surface area contributed by atoms with Crippen LogP contribution in [0, 0.1) is 0 Å². The summed E-state index contributed by atoms with van der Waals surface area (Å²) in [6, 6.07) is 7.17. The van der Waals surface area contributed by atoms with Crippen molar-refractivity contribution >= 4 is 23.5 Å². The summed E-state index contributed by atoms with van der Waals surface area (Å²) in [5.41, 5.74) is 0.526. The fourth-order valence-electron chi connectivity index (χ4n) is 1.26. The first-order valence-electron chi connectivity index (χ1n) is 4.26. The molecule has 0 atom stereocenters. The predicted octanol–water partition coefficient (Wildman–Crippen LogP) is 0.721. The van der Waals surface area contributed by atoms with Crippen molar-refractivity contribution in [3.8, 4) is 0 Å². The molecule has 0 spiro atoms. The molecule has 2 rings (SSSR count). The molecular formula is C9H9N3OS. The van der Waals surface area contributed by atoms with Crippen LogP contribution in [0.25, 0.3) is 10.9 Å². The van der Waals surface area contributed by atoms with Crippen molar-refractivity contribution in [2.45, 2.75) is 6.54 Å². The van der Waals surface area contributed by atoms with E-state index in [9.17, 15) is 4.79 Å². The lowest BCUT2D eigenvalue weighted by molar-refractivity contribution is 0.586. The number of benzene rings is 1. The largest absolute Gasteiger partial charge is 0.277 e. The van der Waals surface area contributed by atoms with E-state index < -0.39 is 0 Å². The molecule has 0 aliphatic rings. The molecule has 0 radical (unpaired) electrons. The lowest BCUT2D eigenvalue weighted by atomic mass is 10.2. The second-order valence-corrected chi connectivity index (χ2v) is 3.31. The van der Waals surface area contributed by atoms with Gasteiger partial charge in [-0.1, -0.05) is 17.3 Å². The maximum atomic E-state index is 11.7. The van der Waals surface area contributed by atoms with Crippen LogP contribution in [0.2, 0.25) is 0 Å². The Morgan fingerprint density at radius 2 is 2.14 bits per heavy atom. The zero-order valence-electron chi connectivity index (χ0n) is 7.42. The van der Waals surface area contributed by atoms with E-state index in [2.05, 4.69) is 22.9 Å². The highest BCUT2D eigenvalue weighted by atomic mass is 32.1. The highest BCUT2D eigenvalue weighted by molar-refractivity contribution is 7.80. The van der Waals surface area contributed by atoms with E-state index in [0.29, 0.717) is 23.2 Å². The Hall–Kier alpha value is -1.36. The maximum Gasteiger partial charge on any atom is 0.277 e. The zero-order valence-corrected chi connectivity index (χ0v) is 8.32. The molecule has 0 aliphatic heterocycles. The van der Waals surface area contributed by atoms with Crippen LogP contribution in [-0.4, -0.2) is 20.7 Å². The topological polar surface area (TPSA) is 47.8 Å². The lowest BCUT2D eigenvalue weighted by Gasteiger charge is -2.01. The zero-order chi connectivity index (χ0) is 9.97. The first-order chi connectivity index (χ1) is 6.83. The lowest BCUT2D eigenvalue weighted by Crippen LogP contribution is -2.24. The third kappa shape index (κ3) is 1.50. The second-order valence-electron chi connectivity index (χ2n) is 2.86. The first kappa shape index (κ1) is 9.21. The average Bonchev–Trinajstić information content (AvgIpc) is 2.23. The molecule has 0 amide bonds. The SMILES string of the molecule is O=c1c2ccccc2nnn1CCS. The highest BCUT2D eigenvalue weighted by Gasteiger charge is 2.02. The van der Waals surface area contributed by atoms with E-state index in [1.807, 2.05) is 12.1 Å². The molecule has 0 aliphatic carbocycles. The summed E-state index contributed by atoms with van der Waals surface area (Å²) in [4.78, 5) is 11.7. The molecule has 1 aromatic carbocycles. The molecule has 72 valence electrons. The van der Waals surface area contributed by atoms with E-state index in [1.54, 1.807) is 12.1 Å². The standard InChI is InChI=1S/C9H9N3OS/c13-9-7-3-1-2-4-8(7)10-11-12(9)5-6-14/h1-4,14H,5-6H2. The van der Waals surface area contributed by atoms with E-state index in [0.717, 1.165) is 0 Å². The van der Waals surface area contributed by atoms with Crippen molar-refractivity contribution < 1.29 is 0 Å². The number of hydrogen-bond donors (Lipinski definition) is 1. The van der Waals surface area contributed by atoms with Gasteiger partial charge in [0.1, 0.15) is 5.52 Å². The van der Waals surface area contributed by atoms with Crippen molar-refractivity contribution in [2.24, 2.45) is 0 Å². The molecule has 5 heteroatoms. The Morgan fingerprint density at radius 1 is 1.36 bits per heavy atom. The molecule has 2 aromatic rings. The molecule has 1 heterocycles. The summed E-state index contributed by atoms with van der Waals surface area (Å²) < 4.78 is 1.33. The van der Waals surface area contributed by atoms with Crippen molar-refractivity contribution in [1.29, 1.82) is 0 Å². The Labute approximate surface area is 86.0 Å². The van der Waals surface area contributed by atoms with Crippen LogP contribution in [0.5, 0.6) is 0 Å². The summed E-state index contributed by atoms with van der Waals surface area (Å²) in [7, 11) is 0. The van der Waals surface area contributed by atoms with E-state index in [4.69, 9.17) is 0 Å². The van der Waals surface area contributed by atoms with Crippen molar-refractivity contribution in [3.05, 3.63) is 34.6 Å². The molecule has 14 heavy (non-hydrogen) atoms. The minimum Gasteiger partial charge on any atom is -0.267 e. The van der Waals surface area contributed by atoms with Crippen LogP contribution in [0.15, 0.2) is 29.1 Å². The molecular weight excluding hydrogens is 198 g/mol. The predicted molar refractivity (Wildman–Crippen MR) is 57.7 cm³/mol. The van der Waals surface area contributed by atoms with Gasteiger partial charge < -0.3 is 0 Å². The Balaban J connectivity index is 2.69. The number of nitrogens with zero attached hydrogens (tertiary/aromatic N) is 3. The van der Waals surface area contributed by atoms with Gasteiger partial charge in [-0.25, -0.2) is 4.68 Å².